The summed E-state index contributed by atoms with van der Waals surface area (Å²) in [5.41, 5.74) is 1.74. The molecule has 1 N–H and O–H groups in total. The maximum atomic E-state index is 12.6. The first-order valence-electron chi connectivity index (χ1n) is 10.9. The van der Waals surface area contributed by atoms with Crippen molar-refractivity contribution in [1.82, 2.24) is 15.1 Å². The zero-order valence-electron chi connectivity index (χ0n) is 18.4. The van der Waals surface area contributed by atoms with Gasteiger partial charge in [0, 0.05) is 38.3 Å². The summed E-state index contributed by atoms with van der Waals surface area (Å²) in [4.78, 5) is 21.3. The van der Waals surface area contributed by atoms with Crippen LogP contribution in [0.3, 0.4) is 0 Å². The molecule has 2 aliphatic heterocycles. The Hall–Kier alpha value is -2.09. The van der Waals surface area contributed by atoms with E-state index >= 15 is 0 Å². The average molecular weight is 435 g/mol. The van der Waals surface area contributed by atoms with E-state index in [2.05, 4.69) is 5.32 Å². The minimum Gasteiger partial charge on any atom is -0.357 e. The van der Waals surface area contributed by atoms with E-state index in [0.717, 1.165) is 43.0 Å². The van der Waals surface area contributed by atoms with Crippen LogP contribution in [0.25, 0.3) is 0 Å². The molecule has 0 saturated carbocycles. The molecule has 2 heterocycles. The Morgan fingerprint density at radius 3 is 2.33 bits per heavy atom. The van der Waals surface area contributed by atoms with Gasteiger partial charge < -0.3 is 15.1 Å². The molecule has 0 atom stereocenters. The Kier molecular flexibility index (Phi) is 7.06. The minimum atomic E-state index is -3.09. The number of nitrogens with one attached hydrogen (secondary N) is 1. The summed E-state index contributed by atoms with van der Waals surface area (Å²) in [5.74, 6) is 0.973. The molecule has 2 aliphatic rings. The number of hydrogen-bond acceptors (Lipinski definition) is 4. The summed E-state index contributed by atoms with van der Waals surface area (Å²) >= 11 is 0. The fourth-order valence-corrected chi connectivity index (χ4v) is 5.31. The van der Waals surface area contributed by atoms with E-state index in [-0.39, 0.29) is 11.7 Å². The molecular weight excluding hydrogens is 400 g/mol. The number of carbonyl (C=O) groups is 1. The van der Waals surface area contributed by atoms with Gasteiger partial charge >= 0.3 is 0 Å². The standard InChI is InChI=1S/C22H34N4O3S/c1-4-23-21(26-14-15-30(28,29)22(2,3)17-26)24-16-18-8-10-19(11-9-18)20(27)25-12-6-5-7-13-25/h8-11H,4-7,12-17H2,1-3H3,(H,23,24). The van der Waals surface area contributed by atoms with Gasteiger partial charge in [-0.3, -0.25) is 4.79 Å². The minimum absolute atomic E-state index is 0.106. The molecule has 2 fully saturated rings. The van der Waals surface area contributed by atoms with E-state index < -0.39 is 14.6 Å². The Labute approximate surface area is 180 Å². The third-order valence-electron chi connectivity index (χ3n) is 5.93. The van der Waals surface area contributed by atoms with Gasteiger partial charge in [0.1, 0.15) is 0 Å². The van der Waals surface area contributed by atoms with Crippen LogP contribution in [0, 0.1) is 0 Å². The van der Waals surface area contributed by atoms with Crippen molar-refractivity contribution in [2.75, 3.05) is 38.5 Å². The van der Waals surface area contributed by atoms with Gasteiger partial charge in [0.2, 0.25) is 0 Å². The van der Waals surface area contributed by atoms with Gasteiger partial charge in [-0.25, -0.2) is 13.4 Å². The van der Waals surface area contributed by atoms with Crippen LogP contribution in [0.15, 0.2) is 29.3 Å². The van der Waals surface area contributed by atoms with Crippen LogP contribution in [-0.4, -0.2) is 73.3 Å². The highest BCUT2D eigenvalue weighted by Crippen LogP contribution is 2.24. The number of amides is 1. The van der Waals surface area contributed by atoms with E-state index in [1.165, 1.54) is 6.42 Å². The summed E-state index contributed by atoms with van der Waals surface area (Å²) in [6.45, 7) is 9.30. The van der Waals surface area contributed by atoms with Gasteiger partial charge in [-0.2, -0.15) is 0 Å². The molecule has 0 aliphatic carbocycles. The second kappa shape index (κ2) is 9.37. The second-order valence-electron chi connectivity index (χ2n) is 8.72. The molecule has 1 aromatic rings. The summed E-state index contributed by atoms with van der Waals surface area (Å²) in [6, 6.07) is 7.67. The van der Waals surface area contributed by atoms with Gasteiger partial charge in [-0.15, -0.1) is 0 Å². The number of likely N-dealkylation sites (tertiary alicyclic amines) is 1. The smallest absolute Gasteiger partial charge is 0.253 e. The molecule has 0 radical (unpaired) electrons. The Morgan fingerprint density at radius 1 is 1.07 bits per heavy atom. The molecule has 166 valence electrons. The van der Waals surface area contributed by atoms with Crippen LogP contribution >= 0.6 is 0 Å². The van der Waals surface area contributed by atoms with Crippen LogP contribution in [0.2, 0.25) is 0 Å². The van der Waals surface area contributed by atoms with Crippen LogP contribution in [0.5, 0.6) is 0 Å². The highest BCUT2D eigenvalue weighted by molar-refractivity contribution is 7.92. The van der Waals surface area contributed by atoms with Crippen molar-refractivity contribution in [3.05, 3.63) is 35.4 Å². The Morgan fingerprint density at radius 2 is 1.73 bits per heavy atom. The first kappa shape index (κ1) is 22.6. The van der Waals surface area contributed by atoms with Gasteiger partial charge in [-0.05, 0) is 57.7 Å². The molecule has 0 unspecified atom stereocenters. The molecule has 0 spiro atoms. The van der Waals surface area contributed by atoms with Gasteiger partial charge in [0.15, 0.2) is 15.8 Å². The predicted molar refractivity (Wildman–Crippen MR) is 120 cm³/mol. The summed E-state index contributed by atoms with van der Waals surface area (Å²) in [6.07, 6.45) is 3.37. The number of sulfone groups is 1. The predicted octanol–water partition coefficient (Wildman–Crippen LogP) is 2.29. The van der Waals surface area contributed by atoms with Crippen molar-refractivity contribution in [2.24, 2.45) is 4.99 Å². The van der Waals surface area contributed by atoms with Crippen LogP contribution in [0.1, 0.15) is 56.0 Å². The molecule has 2 saturated heterocycles. The monoisotopic (exact) mass is 434 g/mol. The van der Waals surface area contributed by atoms with E-state index in [1.807, 2.05) is 41.0 Å². The van der Waals surface area contributed by atoms with E-state index in [0.29, 0.717) is 26.2 Å². The van der Waals surface area contributed by atoms with Crippen LogP contribution in [-0.2, 0) is 16.4 Å². The third-order valence-corrected chi connectivity index (χ3v) is 8.47. The molecule has 0 bridgehead atoms. The Balaban J connectivity index is 1.67. The number of guanidine groups is 1. The van der Waals surface area contributed by atoms with E-state index in [1.54, 1.807) is 13.8 Å². The number of aliphatic imine (C=N–C) groups is 1. The van der Waals surface area contributed by atoms with Gasteiger partial charge in [0.25, 0.3) is 5.91 Å². The summed E-state index contributed by atoms with van der Waals surface area (Å²) in [7, 11) is -3.09. The van der Waals surface area contributed by atoms with E-state index in [4.69, 9.17) is 4.99 Å². The molecule has 7 nitrogen and oxygen atoms in total. The molecule has 3 rings (SSSR count). The normalized spacial score (nSPS) is 21.4. The lowest BCUT2D eigenvalue weighted by molar-refractivity contribution is 0.0724. The SMILES string of the molecule is CCNC(=NCc1ccc(C(=O)N2CCCCC2)cc1)N1CCS(=O)(=O)C(C)(C)C1. The maximum Gasteiger partial charge on any atom is 0.253 e. The lowest BCUT2D eigenvalue weighted by atomic mass is 10.1. The lowest BCUT2D eigenvalue weighted by Crippen LogP contribution is -2.57. The van der Waals surface area contributed by atoms with Gasteiger partial charge in [0.05, 0.1) is 17.0 Å². The molecule has 0 aromatic heterocycles. The summed E-state index contributed by atoms with van der Waals surface area (Å²) in [5, 5.41) is 3.28. The average Bonchev–Trinajstić information content (AvgIpc) is 2.74. The maximum absolute atomic E-state index is 12.6. The highest BCUT2D eigenvalue weighted by atomic mass is 32.2. The molecule has 1 aromatic carbocycles. The topological polar surface area (TPSA) is 82.1 Å². The number of rotatable bonds is 4. The number of nitrogens with zero attached hydrogens (tertiary/aromatic N) is 3. The van der Waals surface area contributed by atoms with Crippen LogP contribution in [0.4, 0.5) is 0 Å². The number of piperidine rings is 1. The second-order valence-corrected chi connectivity index (χ2v) is 11.5. The Bertz CT molecular complexity index is 872. The highest BCUT2D eigenvalue weighted by Gasteiger charge is 2.40. The molecule has 8 heteroatoms. The van der Waals surface area contributed by atoms with Crippen LogP contribution < -0.4 is 5.32 Å². The number of benzene rings is 1. The zero-order chi connectivity index (χ0) is 21.8. The van der Waals surface area contributed by atoms with Crippen molar-refractivity contribution in [3.8, 4) is 0 Å². The summed E-state index contributed by atoms with van der Waals surface area (Å²) < 4.78 is 23.8. The zero-order valence-corrected chi connectivity index (χ0v) is 19.2. The first-order chi connectivity index (χ1) is 14.2. The molecular formula is C22H34N4O3S. The van der Waals surface area contributed by atoms with Crippen molar-refractivity contribution in [3.63, 3.8) is 0 Å². The quantitative estimate of drug-likeness (QED) is 0.581. The molecule has 30 heavy (non-hydrogen) atoms. The van der Waals surface area contributed by atoms with E-state index in [9.17, 15) is 13.2 Å². The number of hydrogen-bond donors (Lipinski definition) is 1. The number of carbonyl (C=O) groups excluding carboxylic acids is 1. The van der Waals surface area contributed by atoms with Crippen molar-refractivity contribution in [2.45, 2.75) is 51.3 Å². The third kappa shape index (κ3) is 5.14. The van der Waals surface area contributed by atoms with Crippen molar-refractivity contribution in [1.29, 1.82) is 0 Å². The first-order valence-corrected chi connectivity index (χ1v) is 12.5. The van der Waals surface area contributed by atoms with Crippen molar-refractivity contribution < 1.29 is 13.2 Å². The fourth-order valence-electron chi connectivity index (χ4n) is 3.95. The largest absolute Gasteiger partial charge is 0.357 e. The molecule has 1 amide bonds. The van der Waals surface area contributed by atoms with Crippen molar-refractivity contribution >= 4 is 21.7 Å². The van der Waals surface area contributed by atoms with Gasteiger partial charge in [-0.1, -0.05) is 12.1 Å². The fraction of sp³-hybridized carbons (Fsp3) is 0.636. The lowest BCUT2D eigenvalue weighted by Gasteiger charge is -2.39.